The summed E-state index contributed by atoms with van der Waals surface area (Å²) in [6, 6.07) is 23.8. The summed E-state index contributed by atoms with van der Waals surface area (Å²) in [5.41, 5.74) is 5.31. The molecule has 0 saturated carbocycles. The van der Waals surface area contributed by atoms with Crippen LogP contribution < -0.4 is 5.32 Å². The van der Waals surface area contributed by atoms with Crippen LogP contribution in [0.2, 0.25) is 0 Å². The molecule has 152 valence electrons. The van der Waals surface area contributed by atoms with E-state index in [4.69, 9.17) is 4.98 Å². The Kier molecular flexibility index (Phi) is 4.84. The highest BCUT2D eigenvalue weighted by atomic mass is 32.1. The summed E-state index contributed by atoms with van der Waals surface area (Å²) < 4.78 is 1.92. The van der Waals surface area contributed by atoms with Crippen molar-refractivity contribution in [3.05, 3.63) is 95.1 Å². The van der Waals surface area contributed by atoms with E-state index < -0.39 is 0 Å². The number of carbonyl (C=O) groups excluding carboxylic acids is 1. The third-order valence-electron chi connectivity index (χ3n) is 5.08. The van der Waals surface area contributed by atoms with Gasteiger partial charge in [0.05, 0.1) is 5.69 Å². The van der Waals surface area contributed by atoms with Crippen LogP contribution in [0.15, 0.2) is 79.0 Å². The van der Waals surface area contributed by atoms with Gasteiger partial charge in [0.2, 0.25) is 0 Å². The van der Waals surface area contributed by atoms with Crippen LogP contribution in [0.3, 0.4) is 0 Å². The van der Waals surface area contributed by atoms with Crippen molar-refractivity contribution in [3.63, 3.8) is 0 Å². The van der Waals surface area contributed by atoms with Crippen molar-refractivity contribution in [2.75, 3.05) is 5.32 Å². The number of hydrogen-bond donors (Lipinski definition) is 1. The lowest BCUT2D eigenvalue weighted by atomic mass is 10.1. The number of amides is 1. The molecule has 1 amide bonds. The van der Waals surface area contributed by atoms with Gasteiger partial charge in [0.1, 0.15) is 27.0 Å². The maximum absolute atomic E-state index is 13.3. The summed E-state index contributed by atoms with van der Waals surface area (Å²) in [5, 5.41) is 3.94. The first-order chi connectivity index (χ1) is 15.1. The minimum Gasteiger partial charge on any atom is -0.305 e. The number of anilines is 1. The largest absolute Gasteiger partial charge is 0.305 e. The molecule has 1 N–H and O–H groups in total. The zero-order chi connectivity index (χ0) is 21.4. The first-order valence-corrected chi connectivity index (χ1v) is 10.8. The minimum absolute atomic E-state index is 0.184. The monoisotopic (exact) mass is 424 g/mol. The highest BCUT2D eigenvalue weighted by Crippen LogP contribution is 2.32. The molecule has 2 aromatic carbocycles. The molecular formula is C25H20N4OS. The van der Waals surface area contributed by atoms with E-state index in [-0.39, 0.29) is 5.91 Å². The summed E-state index contributed by atoms with van der Waals surface area (Å²) >= 11 is 1.40. The van der Waals surface area contributed by atoms with Crippen molar-refractivity contribution in [2.45, 2.75) is 13.8 Å². The van der Waals surface area contributed by atoms with Gasteiger partial charge in [-0.1, -0.05) is 60.7 Å². The van der Waals surface area contributed by atoms with E-state index in [2.05, 4.69) is 10.3 Å². The van der Waals surface area contributed by atoms with Crippen LogP contribution in [0.25, 0.3) is 27.5 Å². The Balaban J connectivity index is 1.56. The summed E-state index contributed by atoms with van der Waals surface area (Å²) in [4.78, 5) is 23.3. The van der Waals surface area contributed by atoms with Crippen LogP contribution in [-0.4, -0.2) is 20.3 Å². The lowest BCUT2D eigenvalue weighted by Crippen LogP contribution is -2.13. The van der Waals surface area contributed by atoms with Crippen LogP contribution >= 0.6 is 11.3 Å². The number of nitrogens with zero attached hydrogens (tertiary/aromatic N) is 3. The number of rotatable bonds is 4. The summed E-state index contributed by atoms with van der Waals surface area (Å²) in [6.07, 6.45) is 1.94. The zero-order valence-electron chi connectivity index (χ0n) is 17.2. The second-order valence-electron chi connectivity index (χ2n) is 7.36. The maximum Gasteiger partial charge on any atom is 0.268 e. The van der Waals surface area contributed by atoms with Crippen LogP contribution in [-0.2, 0) is 0 Å². The van der Waals surface area contributed by atoms with E-state index in [0.717, 1.165) is 33.0 Å². The third kappa shape index (κ3) is 3.62. The van der Waals surface area contributed by atoms with Crippen molar-refractivity contribution in [1.29, 1.82) is 0 Å². The molecular weight excluding hydrogens is 404 g/mol. The molecule has 5 aromatic rings. The summed E-state index contributed by atoms with van der Waals surface area (Å²) in [7, 11) is 0. The molecule has 0 bridgehead atoms. The van der Waals surface area contributed by atoms with Crippen molar-refractivity contribution in [1.82, 2.24) is 14.4 Å². The average Bonchev–Trinajstić information content (AvgIpc) is 3.35. The number of aromatic nitrogens is 3. The third-order valence-corrected chi connectivity index (χ3v) is 6.29. The molecule has 0 aliphatic heterocycles. The van der Waals surface area contributed by atoms with Crippen molar-refractivity contribution in [2.24, 2.45) is 0 Å². The number of carbonyl (C=O) groups is 1. The Morgan fingerprint density at radius 1 is 0.903 bits per heavy atom. The van der Waals surface area contributed by atoms with Crippen molar-refractivity contribution in [3.8, 4) is 21.8 Å². The summed E-state index contributed by atoms with van der Waals surface area (Å²) in [5.74, 6) is 0.469. The number of pyridine rings is 1. The molecule has 3 aromatic heterocycles. The molecule has 0 spiro atoms. The number of fused-ring (bicyclic) bond motifs is 1. The van der Waals surface area contributed by atoms with E-state index in [1.807, 2.05) is 97.2 Å². The van der Waals surface area contributed by atoms with Gasteiger partial charge in [-0.15, -0.1) is 11.3 Å². The normalized spacial score (nSPS) is 11.0. The van der Waals surface area contributed by atoms with Gasteiger partial charge in [0, 0.05) is 17.3 Å². The van der Waals surface area contributed by atoms with Gasteiger partial charge in [-0.3, -0.25) is 9.20 Å². The number of imidazole rings is 1. The number of benzene rings is 2. The molecule has 5 rings (SSSR count). The molecule has 6 heteroatoms. The minimum atomic E-state index is -0.184. The van der Waals surface area contributed by atoms with E-state index in [0.29, 0.717) is 16.4 Å². The predicted molar refractivity (Wildman–Crippen MR) is 126 cm³/mol. The molecule has 3 heterocycles. The SMILES string of the molecule is Cc1ccn2c(NC(=O)c3sc(-c4ccccc4)nc3C)c(-c3ccccc3)nc2c1. The van der Waals surface area contributed by atoms with Gasteiger partial charge in [0.25, 0.3) is 5.91 Å². The molecule has 0 saturated heterocycles. The second kappa shape index (κ2) is 7.81. The van der Waals surface area contributed by atoms with Crippen LogP contribution in [0.5, 0.6) is 0 Å². The predicted octanol–water partition coefficient (Wildman–Crippen LogP) is 5.99. The van der Waals surface area contributed by atoms with Crippen LogP contribution in [0.1, 0.15) is 20.9 Å². The van der Waals surface area contributed by atoms with Gasteiger partial charge >= 0.3 is 0 Å². The fraction of sp³-hybridized carbons (Fsp3) is 0.0800. The highest BCUT2D eigenvalue weighted by molar-refractivity contribution is 7.17. The smallest absolute Gasteiger partial charge is 0.268 e. The van der Waals surface area contributed by atoms with Gasteiger partial charge in [-0.2, -0.15) is 0 Å². The fourth-order valence-corrected chi connectivity index (χ4v) is 4.51. The number of nitrogens with one attached hydrogen (secondary N) is 1. The number of hydrogen-bond acceptors (Lipinski definition) is 4. The molecule has 0 atom stereocenters. The molecule has 0 aliphatic rings. The molecule has 0 aliphatic carbocycles. The fourth-order valence-electron chi connectivity index (χ4n) is 3.54. The van der Waals surface area contributed by atoms with Gasteiger partial charge in [-0.25, -0.2) is 9.97 Å². The van der Waals surface area contributed by atoms with E-state index >= 15 is 0 Å². The van der Waals surface area contributed by atoms with Crippen molar-refractivity contribution < 1.29 is 4.79 Å². The quantitative estimate of drug-likeness (QED) is 0.385. The first kappa shape index (κ1) is 19.2. The first-order valence-electron chi connectivity index (χ1n) is 9.98. The van der Waals surface area contributed by atoms with Gasteiger partial charge in [-0.05, 0) is 31.5 Å². The van der Waals surface area contributed by atoms with Crippen LogP contribution in [0, 0.1) is 13.8 Å². The standard InChI is InChI=1S/C25H20N4OS/c1-16-13-14-29-20(15-16)27-21(18-9-5-3-6-10-18)23(29)28-24(30)22-17(2)26-25(31-22)19-11-7-4-8-12-19/h3-15H,1-2H3,(H,28,30). The topological polar surface area (TPSA) is 59.3 Å². The molecule has 0 unspecified atom stereocenters. The Morgan fingerprint density at radius 2 is 1.58 bits per heavy atom. The van der Waals surface area contributed by atoms with E-state index in [9.17, 15) is 4.79 Å². The molecule has 0 fully saturated rings. The Labute approximate surface area is 184 Å². The van der Waals surface area contributed by atoms with Gasteiger partial charge < -0.3 is 5.32 Å². The second-order valence-corrected chi connectivity index (χ2v) is 8.36. The Hall–Kier alpha value is -3.77. The summed E-state index contributed by atoms with van der Waals surface area (Å²) in [6.45, 7) is 3.90. The van der Waals surface area contributed by atoms with Crippen LogP contribution in [0.4, 0.5) is 5.82 Å². The van der Waals surface area contributed by atoms with Crippen molar-refractivity contribution >= 4 is 28.7 Å². The Morgan fingerprint density at radius 3 is 2.29 bits per heavy atom. The van der Waals surface area contributed by atoms with E-state index in [1.165, 1.54) is 11.3 Å². The lowest BCUT2D eigenvalue weighted by molar-refractivity contribution is 0.102. The molecule has 5 nitrogen and oxygen atoms in total. The lowest BCUT2D eigenvalue weighted by Gasteiger charge is -2.07. The average molecular weight is 425 g/mol. The molecule has 31 heavy (non-hydrogen) atoms. The van der Waals surface area contributed by atoms with E-state index in [1.54, 1.807) is 0 Å². The zero-order valence-corrected chi connectivity index (χ0v) is 18.0. The molecule has 0 radical (unpaired) electrons. The van der Waals surface area contributed by atoms with Gasteiger partial charge in [0.15, 0.2) is 0 Å². The highest BCUT2D eigenvalue weighted by Gasteiger charge is 2.21. The number of thiazole rings is 1. The Bertz CT molecular complexity index is 1390. The number of aryl methyl sites for hydroxylation is 2. The maximum atomic E-state index is 13.3.